The summed E-state index contributed by atoms with van der Waals surface area (Å²) in [5.41, 5.74) is 1.77. The van der Waals surface area contributed by atoms with E-state index in [9.17, 15) is 0 Å². The van der Waals surface area contributed by atoms with E-state index in [0.29, 0.717) is 4.77 Å². The summed E-state index contributed by atoms with van der Waals surface area (Å²) in [6, 6.07) is 0. The van der Waals surface area contributed by atoms with Crippen LogP contribution in [0.25, 0.3) is 21.4 Å². The van der Waals surface area contributed by atoms with Gasteiger partial charge in [-0.3, -0.25) is 15.1 Å². The molecule has 0 aliphatic heterocycles. The molecule has 0 aliphatic carbocycles. The molecule has 0 amide bonds. The Balaban J connectivity index is 2.15. The zero-order chi connectivity index (χ0) is 14.1. The summed E-state index contributed by atoms with van der Waals surface area (Å²) < 4.78 is 2.44. The number of nitrogens with one attached hydrogen (secondary N) is 1. The molecule has 0 radical (unpaired) electrons. The smallest absolute Gasteiger partial charge is 0.195 e. The molecule has 0 spiro atoms. The summed E-state index contributed by atoms with van der Waals surface area (Å²) >= 11 is 6.72. The van der Waals surface area contributed by atoms with Crippen LogP contribution in [-0.4, -0.2) is 29.7 Å². The van der Waals surface area contributed by atoms with Crippen molar-refractivity contribution in [3.8, 4) is 21.4 Å². The van der Waals surface area contributed by atoms with E-state index in [4.69, 9.17) is 12.2 Å². The first-order chi connectivity index (χ1) is 9.70. The summed E-state index contributed by atoms with van der Waals surface area (Å²) in [4.78, 5) is 14.0. The van der Waals surface area contributed by atoms with Gasteiger partial charge in [0.15, 0.2) is 10.6 Å². The van der Waals surface area contributed by atoms with Gasteiger partial charge >= 0.3 is 0 Å². The SMILES string of the molecule is CCc1nc(-c2cnccn2)sc1-c1n[nH]c(=S)n1C. The molecule has 0 bridgehead atoms. The number of H-pyrrole nitrogens is 1. The molecule has 0 aliphatic rings. The highest BCUT2D eigenvalue weighted by Crippen LogP contribution is 2.33. The van der Waals surface area contributed by atoms with Gasteiger partial charge in [0.05, 0.1) is 16.8 Å². The van der Waals surface area contributed by atoms with Gasteiger partial charge in [-0.15, -0.1) is 11.3 Å². The number of hydrogen-bond acceptors (Lipinski definition) is 6. The summed E-state index contributed by atoms with van der Waals surface area (Å²) in [6.45, 7) is 2.07. The minimum absolute atomic E-state index is 0.594. The third-order valence-corrected chi connectivity index (χ3v) is 4.38. The van der Waals surface area contributed by atoms with Gasteiger partial charge in [0, 0.05) is 19.4 Å². The van der Waals surface area contributed by atoms with Crippen LogP contribution in [0.5, 0.6) is 0 Å². The largest absolute Gasteiger partial charge is 0.303 e. The molecular weight excluding hydrogens is 292 g/mol. The van der Waals surface area contributed by atoms with Gasteiger partial charge in [0.2, 0.25) is 0 Å². The zero-order valence-electron chi connectivity index (χ0n) is 11.0. The van der Waals surface area contributed by atoms with Crippen LogP contribution in [-0.2, 0) is 13.5 Å². The molecule has 3 rings (SSSR count). The standard InChI is InChI=1S/C12H12N6S2/c1-3-7-9(10-16-17-12(19)18(10)2)20-11(15-7)8-6-13-4-5-14-8/h4-6H,3H2,1-2H3,(H,17,19). The predicted molar refractivity (Wildman–Crippen MR) is 79.9 cm³/mol. The summed E-state index contributed by atoms with van der Waals surface area (Å²) in [5.74, 6) is 0.805. The number of aromatic nitrogens is 6. The lowest BCUT2D eigenvalue weighted by Crippen LogP contribution is -1.93. The lowest BCUT2D eigenvalue weighted by Gasteiger charge is -1.98. The van der Waals surface area contributed by atoms with Crippen molar-refractivity contribution in [1.29, 1.82) is 0 Å². The van der Waals surface area contributed by atoms with Crippen molar-refractivity contribution >= 4 is 23.6 Å². The van der Waals surface area contributed by atoms with E-state index in [2.05, 4.69) is 32.1 Å². The molecule has 0 unspecified atom stereocenters. The molecule has 3 heterocycles. The fourth-order valence-electron chi connectivity index (χ4n) is 1.84. The first kappa shape index (κ1) is 13.1. The average molecular weight is 304 g/mol. The Morgan fingerprint density at radius 1 is 1.40 bits per heavy atom. The Morgan fingerprint density at radius 2 is 2.25 bits per heavy atom. The minimum Gasteiger partial charge on any atom is -0.303 e. The van der Waals surface area contributed by atoms with Crippen molar-refractivity contribution in [2.45, 2.75) is 13.3 Å². The van der Waals surface area contributed by atoms with Crippen molar-refractivity contribution in [3.63, 3.8) is 0 Å². The van der Waals surface area contributed by atoms with Crippen molar-refractivity contribution in [3.05, 3.63) is 29.1 Å². The van der Waals surface area contributed by atoms with Gasteiger partial charge in [0.1, 0.15) is 10.7 Å². The molecule has 6 nitrogen and oxygen atoms in total. The quantitative estimate of drug-likeness (QED) is 0.753. The number of rotatable bonds is 3. The molecule has 1 N–H and O–H groups in total. The normalized spacial score (nSPS) is 10.9. The molecule has 0 saturated heterocycles. The van der Waals surface area contributed by atoms with Crippen LogP contribution in [0.2, 0.25) is 0 Å². The van der Waals surface area contributed by atoms with E-state index in [1.54, 1.807) is 29.9 Å². The minimum atomic E-state index is 0.594. The Hall–Kier alpha value is -1.93. The van der Waals surface area contributed by atoms with E-state index in [0.717, 1.165) is 33.5 Å². The van der Waals surface area contributed by atoms with E-state index in [-0.39, 0.29) is 0 Å². The summed E-state index contributed by atoms with van der Waals surface area (Å²) in [6.07, 6.45) is 5.85. The molecular formula is C12H12N6S2. The Kier molecular flexibility index (Phi) is 3.41. The number of thiazole rings is 1. The van der Waals surface area contributed by atoms with Crippen LogP contribution in [0.15, 0.2) is 18.6 Å². The van der Waals surface area contributed by atoms with Crippen LogP contribution in [0.1, 0.15) is 12.6 Å². The summed E-state index contributed by atoms with van der Waals surface area (Å²) in [5, 5.41) is 7.93. The second kappa shape index (κ2) is 5.22. The van der Waals surface area contributed by atoms with E-state index >= 15 is 0 Å². The molecule has 0 aromatic carbocycles. The number of aromatic amines is 1. The first-order valence-corrected chi connectivity index (χ1v) is 7.31. The van der Waals surface area contributed by atoms with Gasteiger partial charge in [-0.25, -0.2) is 4.98 Å². The highest BCUT2D eigenvalue weighted by atomic mass is 32.1. The number of hydrogen-bond donors (Lipinski definition) is 1. The first-order valence-electron chi connectivity index (χ1n) is 6.08. The molecule has 0 saturated carbocycles. The summed E-state index contributed by atoms with van der Waals surface area (Å²) in [7, 11) is 1.89. The Bertz CT molecular complexity index is 786. The monoisotopic (exact) mass is 304 g/mol. The van der Waals surface area contributed by atoms with Crippen molar-refractivity contribution in [2.24, 2.45) is 7.05 Å². The molecule has 3 aromatic heterocycles. The third kappa shape index (κ3) is 2.16. The highest BCUT2D eigenvalue weighted by molar-refractivity contribution is 7.71. The molecule has 20 heavy (non-hydrogen) atoms. The van der Waals surface area contributed by atoms with E-state index < -0.39 is 0 Å². The second-order valence-corrected chi connectivity index (χ2v) is 5.54. The Morgan fingerprint density at radius 3 is 2.85 bits per heavy atom. The van der Waals surface area contributed by atoms with Crippen molar-refractivity contribution < 1.29 is 0 Å². The van der Waals surface area contributed by atoms with Crippen LogP contribution in [0, 0.1) is 4.77 Å². The molecule has 0 atom stereocenters. The maximum Gasteiger partial charge on any atom is 0.195 e. The van der Waals surface area contributed by atoms with E-state index in [1.165, 1.54) is 0 Å². The van der Waals surface area contributed by atoms with Gasteiger partial charge in [-0.05, 0) is 18.6 Å². The van der Waals surface area contributed by atoms with Crippen LogP contribution in [0.3, 0.4) is 0 Å². The maximum absolute atomic E-state index is 5.16. The zero-order valence-corrected chi connectivity index (χ0v) is 12.6. The van der Waals surface area contributed by atoms with Crippen LogP contribution < -0.4 is 0 Å². The topological polar surface area (TPSA) is 72.3 Å². The molecule has 0 fully saturated rings. The number of aryl methyl sites for hydroxylation is 1. The van der Waals surface area contributed by atoms with Gasteiger partial charge in [-0.1, -0.05) is 6.92 Å². The third-order valence-electron chi connectivity index (χ3n) is 2.90. The lowest BCUT2D eigenvalue weighted by atomic mass is 10.3. The molecule has 8 heteroatoms. The highest BCUT2D eigenvalue weighted by Gasteiger charge is 2.17. The lowest BCUT2D eigenvalue weighted by molar-refractivity contribution is 0.900. The van der Waals surface area contributed by atoms with E-state index in [1.807, 2.05) is 11.6 Å². The predicted octanol–water partition coefficient (Wildman–Crippen LogP) is 2.62. The average Bonchev–Trinajstić information content (AvgIpc) is 3.05. The van der Waals surface area contributed by atoms with Crippen molar-refractivity contribution in [1.82, 2.24) is 29.7 Å². The second-order valence-electron chi connectivity index (χ2n) is 4.15. The van der Waals surface area contributed by atoms with Crippen LogP contribution in [0.4, 0.5) is 0 Å². The molecule has 102 valence electrons. The van der Waals surface area contributed by atoms with Crippen LogP contribution >= 0.6 is 23.6 Å². The fraction of sp³-hybridized carbons (Fsp3) is 0.250. The fourth-order valence-corrected chi connectivity index (χ4v) is 3.11. The van der Waals surface area contributed by atoms with Gasteiger partial charge < -0.3 is 4.57 Å². The molecule has 3 aromatic rings. The number of nitrogens with zero attached hydrogens (tertiary/aromatic N) is 5. The van der Waals surface area contributed by atoms with Gasteiger partial charge in [-0.2, -0.15) is 5.10 Å². The van der Waals surface area contributed by atoms with Crippen molar-refractivity contribution in [2.75, 3.05) is 0 Å². The Labute approximate surface area is 124 Å². The maximum atomic E-state index is 5.16. The van der Waals surface area contributed by atoms with Gasteiger partial charge in [0.25, 0.3) is 0 Å².